The number of rotatable bonds is 17. The molecule has 0 aromatic heterocycles. The molecule has 0 unspecified atom stereocenters. The second-order valence-corrected chi connectivity index (χ2v) is 9.06. The number of nitrogens with zero attached hydrogens (tertiary/aromatic N) is 1. The van der Waals surface area contributed by atoms with Crippen molar-refractivity contribution in [2.45, 2.75) is 88.9 Å². The fraction of sp³-hybridized carbons (Fsp3) is 0.667. The van der Waals surface area contributed by atoms with Crippen molar-refractivity contribution >= 4 is 23.6 Å². The Morgan fingerprint density at radius 1 is 0.833 bits per heavy atom. The highest BCUT2D eigenvalue weighted by Crippen LogP contribution is 2.20. The standard InChI is InChI=1S/C24H40N2O3S/c1-2-3-4-5-6-7-8-9-10-11-12-13-18-26(24(29)23(25)28)19-20-30-22-16-14-21(27)15-17-22/h14-17,27H,2-13,18-20H2,1H3,(H2,25,28). The van der Waals surface area contributed by atoms with Gasteiger partial charge in [0.15, 0.2) is 0 Å². The van der Waals surface area contributed by atoms with Gasteiger partial charge in [0.05, 0.1) is 0 Å². The number of unbranched alkanes of at least 4 members (excludes halogenated alkanes) is 11. The first-order valence-electron chi connectivity index (χ1n) is 11.5. The number of carbonyl (C=O) groups is 2. The van der Waals surface area contributed by atoms with Crippen molar-refractivity contribution in [2.24, 2.45) is 5.73 Å². The Balaban J connectivity index is 2.14. The molecule has 0 atom stereocenters. The summed E-state index contributed by atoms with van der Waals surface area (Å²) in [6, 6.07) is 6.96. The van der Waals surface area contributed by atoms with Crippen LogP contribution in [0.4, 0.5) is 0 Å². The minimum Gasteiger partial charge on any atom is -0.508 e. The van der Waals surface area contributed by atoms with Gasteiger partial charge in [-0.3, -0.25) is 9.59 Å². The van der Waals surface area contributed by atoms with Crippen molar-refractivity contribution in [1.29, 1.82) is 0 Å². The highest BCUT2D eigenvalue weighted by atomic mass is 32.2. The number of hydrogen-bond acceptors (Lipinski definition) is 4. The summed E-state index contributed by atoms with van der Waals surface area (Å²) in [5.74, 6) is -0.563. The average molecular weight is 437 g/mol. The summed E-state index contributed by atoms with van der Waals surface area (Å²) < 4.78 is 0. The lowest BCUT2D eigenvalue weighted by Crippen LogP contribution is -2.42. The minimum atomic E-state index is -0.886. The summed E-state index contributed by atoms with van der Waals surface area (Å²) >= 11 is 1.59. The molecular formula is C24H40N2O3S. The molecule has 0 aliphatic rings. The minimum absolute atomic E-state index is 0.233. The fourth-order valence-corrected chi connectivity index (χ4v) is 4.31. The van der Waals surface area contributed by atoms with Crippen LogP contribution in [-0.2, 0) is 9.59 Å². The van der Waals surface area contributed by atoms with Gasteiger partial charge in [-0.25, -0.2) is 0 Å². The number of amides is 2. The molecule has 0 aliphatic carbocycles. The summed E-state index contributed by atoms with van der Waals surface area (Å²) in [4.78, 5) is 26.0. The number of thioether (sulfide) groups is 1. The number of primary amides is 1. The van der Waals surface area contributed by atoms with E-state index in [4.69, 9.17) is 5.73 Å². The van der Waals surface area contributed by atoms with Crippen LogP contribution in [0.25, 0.3) is 0 Å². The van der Waals surface area contributed by atoms with Crippen LogP contribution in [0.15, 0.2) is 29.2 Å². The van der Waals surface area contributed by atoms with Crippen LogP contribution in [0.2, 0.25) is 0 Å². The van der Waals surface area contributed by atoms with Gasteiger partial charge in [-0.05, 0) is 30.7 Å². The maximum absolute atomic E-state index is 12.1. The molecule has 5 nitrogen and oxygen atoms in total. The normalized spacial score (nSPS) is 10.8. The maximum Gasteiger partial charge on any atom is 0.311 e. The van der Waals surface area contributed by atoms with Crippen molar-refractivity contribution in [2.75, 3.05) is 18.8 Å². The third-order valence-electron chi connectivity index (χ3n) is 5.25. The van der Waals surface area contributed by atoms with E-state index in [0.29, 0.717) is 18.8 Å². The van der Waals surface area contributed by atoms with Gasteiger partial charge in [-0.1, -0.05) is 77.6 Å². The van der Waals surface area contributed by atoms with Crippen LogP contribution in [0.3, 0.4) is 0 Å². The molecule has 3 N–H and O–H groups in total. The van der Waals surface area contributed by atoms with Crippen LogP contribution in [0, 0.1) is 0 Å². The van der Waals surface area contributed by atoms with Crippen LogP contribution in [-0.4, -0.2) is 40.7 Å². The first kappa shape index (κ1) is 26.3. The van der Waals surface area contributed by atoms with E-state index in [-0.39, 0.29) is 5.75 Å². The molecule has 0 spiro atoms. The van der Waals surface area contributed by atoms with E-state index in [1.807, 2.05) is 12.1 Å². The van der Waals surface area contributed by atoms with E-state index < -0.39 is 11.8 Å². The van der Waals surface area contributed by atoms with Crippen LogP contribution >= 0.6 is 11.8 Å². The molecule has 1 aromatic carbocycles. The van der Waals surface area contributed by atoms with Gasteiger partial charge < -0.3 is 15.7 Å². The molecule has 1 rings (SSSR count). The second-order valence-electron chi connectivity index (χ2n) is 7.89. The topological polar surface area (TPSA) is 83.6 Å². The Labute approximate surface area is 186 Å². The van der Waals surface area contributed by atoms with Gasteiger partial charge in [0, 0.05) is 23.7 Å². The second kappa shape index (κ2) is 17.0. The predicted molar refractivity (Wildman–Crippen MR) is 126 cm³/mol. The average Bonchev–Trinajstić information content (AvgIpc) is 2.74. The zero-order valence-electron chi connectivity index (χ0n) is 18.6. The van der Waals surface area contributed by atoms with E-state index in [1.54, 1.807) is 28.8 Å². The Hall–Kier alpha value is -1.69. The van der Waals surface area contributed by atoms with Gasteiger partial charge in [-0.2, -0.15) is 0 Å². The van der Waals surface area contributed by atoms with E-state index in [9.17, 15) is 14.7 Å². The summed E-state index contributed by atoms with van der Waals surface area (Å²) in [5.41, 5.74) is 5.21. The van der Waals surface area contributed by atoms with Gasteiger partial charge in [0.2, 0.25) is 0 Å². The van der Waals surface area contributed by atoms with Crippen molar-refractivity contribution in [3.8, 4) is 5.75 Å². The zero-order chi connectivity index (χ0) is 22.0. The molecule has 6 heteroatoms. The number of phenolic OH excluding ortho intramolecular Hbond substituents is 1. The smallest absolute Gasteiger partial charge is 0.311 e. The van der Waals surface area contributed by atoms with E-state index in [1.165, 1.54) is 64.2 Å². The summed E-state index contributed by atoms with van der Waals surface area (Å²) in [6.45, 7) is 3.32. The van der Waals surface area contributed by atoms with Crippen LogP contribution < -0.4 is 5.73 Å². The number of benzene rings is 1. The summed E-state index contributed by atoms with van der Waals surface area (Å²) in [7, 11) is 0. The maximum atomic E-state index is 12.1. The molecule has 0 saturated carbocycles. The quantitative estimate of drug-likeness (QED) is 0.192. The van der Waals surface area contributed by atoms with Gasteiger partial charge in [0.1, 0.15) is 5.75 Å². The Bertz CT molecular complexity index is 593. The fourth-order valence-electron chi connectivity index (χ4n) is 3.43. The van der Waals surface area contributed by atoms with Gasteiger partial charge in [-0.15, -0.1) is 11.8 Å². The molecule has 170 valence electrons. The van der Waals surface area contributed by atoms with Gasteiger partial charge >= 0.3 is 11.8 Å². The third kappa shape index (κ3) is 12.8. The van der Waals surface area contributed by atoms with Crippen LogP contribution in [0.5, 0.6) is 5.75 Å². The van der Waals surface area contributed by atoms with E-state index in [0.717, 1.165) is 17.7 Å². The largest absolute Gasteiger partial charge is 0.508 e. The van der Waals surface area contributed by atoms with Crippen molar-refractivity contribution in [3.05, 3.63) is 24.3 Å². The highest BCUT2D eigenvalue weighted by Gasteiger charge is 2.18. The number of aromatic hydroxyl groups is 1. The molecule has 0 fully saturated rings. The van der Waals surface area contributed by atoms with Crippen molar-refractivity contribution < 1.29 is 14.7 Å². The number of carbonyl (C=O) groups excluding carboxylic acids is 2. The lowest BCUT2D eigenvalue weighted by molar-refractivity contribution is -0.144. The lowest BCUT2D eigenvalue weighted by atomic mass is 10.1. The lowest BCUT2D eigenvalue weighted by Gasteiger charge is -2.21. The first-order chi connectivity index (χ1) is 14.5. The monoisotopic (exact) mass is 436 g/mol. The summed E-state index contributed by atoms with van der Waals surface area (Å²) in [6.07, 6.45) is 15.2. The number of hydrogen-bond donors (Lipinski definition) is 2. The number of phenols is 1. The molecule has 0 aliphatic heterocycles. The molecular weight excluding hydrogens is 396 g/mol. The van der Waals surface area contributed by atoms with Gasteiger partial charge in [0.25, 0.3) is 0 Å². The SMILES string of the molecule is CCCCCCCCCCCCCCN(CCSc1ccc(O)cc1)C(=O)C(N)=O. The molecule has 30 heavy (non-hydrogen) atoms. The Kier molecular flexibility index (Phi) is 15.0. The Morgan fingerprint density at radius 2 is 1.33 bits per heavy atom. The third-order valence-corrected chi connectivity index (χ3v) is 6.24. The van der Waals surface area contributed by atoms with E-state index >= 15 is 0 Å². The molecule has 2 amide bonds. The molecule has 1 aromatic rings. The molecule has 0 saturated heterocycles. The highest BCUT2D eigenvalue weighted by molar-refractivity contribution is 7.99. The Morgan fingerprint density at radius 3 is 1.83 bits per heavy atom. The van der Waals surface area contributed by atoms with Crippen molar-refractivity contribution in [3.63, 3.8) is 0 Å². The number of nitrogens with two attached hydrogens (primary N) is 1. The van der Waals surface area contributed by atoms with Crippen molar-refractivity contribution in [1.82, 2.24) is 4.90 Å². The van der Waals surface area contributed by atoms with E-state index in [2.05, 4.69) is 6.92 Å². The molecule has 0 bridgehead atoms. The predicted octanol–water partition coefficient (Wildman–Crippen LogP) is 5.50. The first-order valence-corrected chi connectivity index (χ1v) is 12.5. The van der Waals surface area contributed by atoms with Crippen LogP contribution in [0.1, 0.15) is 84.0 Å². The summed E-state index contributed by atoms with van der Waals surface area (Å²) in [5, 5.41) is 9.33. The zero-order valence-corrected chi connectivity index (χ0v) is 19.4. The molecule has 0 heterocycles. The molecule has 0 radical (unpaired) electrons.